The first-order valence-electron chi connectivity index (χ1n) is 4.29. The first kappa shape index (κ1) is 9.05. The number of hydrogen-bond donors (Lipinski definition) is 0. The molecule has 0 saturated carbocycles. The average Bonchev–Trinajstić information content (AvgIpc) is 2.05. The zero-order chi connectivity index (χ0) is 8.81. The van der Waals surface area contributed by atoms with E-state index >= 15 is 0 Å². The van der Waals surface area contributed by atoms with Gasteiger partial charge in [-0.3, -0.25) is 0 Å². The van der Waals surface area contributed by atoms with Crippen molar-refractivity contribution in [2.45, 2.75) is 20.3 Å². The number of allylic oxidation sites excluding steroid dienone is 2. The molecule has 0 N–H and O–H groups in total. The van der Waals surface area contributed by atoms with Gasteiger partial charge in [-0.15, -0.1) is 0 Å². The van der Waals surface area contributed by atoms with Gasteiger partial charge < -0.3 is 0 Å². The standard InChI is InChI=1S/C12H15/c1-11(2)7-6-10-12-8-4-3-5-9-12/h3-9H,10H2,1-2H3. The summed E-state index contributed by atoms with van der Waals surface area (Å²) in [5, 5.41) is 0. The second kappa shape index (κ2) is 4.76. The van der Waals surface area contributed by atoms with Gasteiger partial charge in [0.2, 0.25) is 0 Å². The maximum atomic E-state index is 2.20. The summed E-state index contributed by atoms with van der Waals surface area (Å²) >= 11 is 0. The first-order valence-corrected chi connectivity index (χ1v) is 4.29. The van der Waals surface area contributed by atoms with Crippen LogP contribution in [0.1, 0.15) is 19.4 Å². The molecule has 0 aliphatic heterocycles. The van der Waals surface area contributed by atoms with Crippen molar-refractivity contribution in [1.82, 2.24) is 0 Å². The Bertz CT molecular complexity index is 231. The summed E-state index contributed by atoms with van der Waals surface area (Å²) in [6.07, 6.45) is 5.39. The predicted octanol–water partition coefficient (Wildman–Crippen LogP) is 3.40. The van der Waals surface area contributed by atoms with Crippen LogP contribution < -0.4 is 0 Å². The molecule has 0 unspecified atom stereocenters. The van der Waals surface area contributed by atoms with Crippen molar-refractivity contribution in [3.8, 4) is 0 Å². The topological polar surface area (TPSA) is 0 Å². The summed E-state index contributed by atoms with van der Waals surface area (Å²) in [5.74, 6) is 1.35. The van der Waals surface area contributed by atoms with Crippen LogP contribution in [0.5, 0.6) is 0 Å². The summed E-state index contributed by atoms with van der Waals surface area (Å²) in [7, 11) is 0. The van der Waals surface area contributed by atoms with E-state index < -0.39 is 0 Å². The maximum Gasteiger partial charge on any atom is -0.00891 e. The molecule has 0 fully saturated rings. The summed E-state index contributed by atoms with van der Waals surface area (Å²) in [6, 6.07) is 10.5. The zero-order valence-corrected chi connectivity index (χ0v) is 7.75. The van der Waals surface area contributed by atoms with E-state index in [0.717, 1.165) is 6.42 Å². The number of hydrogen-bond acceptors (Lipinski definition) is 0. The van der Waals surface area contributed by atoms with Crippen molar-refractivity contribution in [3.05, 3.63) is 54.0 Å². The lowest BCUT2D eigenvalue weighted by Crippen LogP contribution is -1.80. The van der Waals surface area contributed by atoms with Crippen LogP contribution in [0.3, 0.4) is 0 Å². The van der Waals surface area contributed by atoms with Crippen LogP contribution >= 0.6 is 0 Å². The Hall–Kier alpha value is -1.04. The molecule has 0 heterocycles. The third kappa shape index (κ3) is 3.38. The normalized spacial score (nSPS) is 11.2. The first-order chi connectivity index (χ1) is 5.79. The lowest BCUT2D eigenvalue weighted by Gasteiger charge is -1.95. The Morgan fingerprint density at radius 3 is 2.42 bits per heavy atom. The van der Waals surface area contributed by atoms with Crippen molar-refractivity contribution in [2.24, 2.45) is 0 Å². The van der Waals surface area contributed by atoms with Crippen LogP contribution in [0.2, 0.25) is 0 Å². The molecule has 1 aromatic rings. The third-order valence-electron chi connectivity index (χ3n) is 1.65. The quantitative estimate of drug-likeness (QED) is 0.634. The molecule has 0 atom stereocenters. The maximum absolute atomic E-state index is 2.20. The Balaban J connectivity index is 2.43. The van der Waals surface area contributed by atoms with E-state index in [1.54, 1.807) is 0 Å². The van der Waals surface area contributed by atoms with E-state index in [2.05, 4.69) is 50.3 Å². The van der Waals surface area contributed by atoms with E-state index in [-0.39, 0.29) is 0 Å². The van der Waals surface area contributed by atoms with Crippen LogP contribution in [0.4, 0.5) is 0 Å². The summed E-state index contributed by atoms with van der Waals surface area (Å²) in [5.41, 5.74) is 1.37. The third-order valence-corrected chi connectivity index (χ3v) is 1.65. The molecule has 0 bridgehead atoms. The zero-order valence-electron chi connectivity index (χ0n) is 7.75. The lowest BCUT2D eigenvalue weighted by molar-refractivity contribution is 1.17. The fourth-order valence-electron chi connectivity index (χ4n) is 1.04. The summed E-state index contributed by atoms with van der Waals surface area (Å²) in [4.78, 5) is 0. The van der Waals surface area contributed by atoms with Gasteiger partial charge in [0, 0.05) is 0 Å². The molecule has 1 aromatic carbocycles. The highest BCUT2D eigenvalue weighted by Gasteiger charge is 1.87. The van der Waals surface area contributed by atoms with Gasteiger partial charge in [-0.25, -0.2) is 0 Å². The largest absolute Gasteiger partial charge is 0.0836 e. The minimum atomic E-state index is 1.03. The highest BCUT2D eigenvalue weighted by molar-refractivity contribution is 5.18. The monoisotopic (exact) mass is 159 g/mol. The molecule has 0 nitrogen and oxygen atoms in total. The van der Waals surface area contributed by atoms with Crippen LogP contribution in [0.15, 0.2) is 42.5 Å². The second-order valence-corrected chi connectivity index (χ2v) is 3.17. The van der Waals surface area contributed by atoms with Crippen LogP contribution in [-0.4, -0.2) is 0 Å². The Morgan fingerprint density at radius 1 is 1.17 bits per heavy atom. The Morgan fingerprint density at radius 2 is 1.83 bits per heavy atom. The summed E-state index contributed by atoms with van der Waals surface area (Å²) < 4.78 is 0. The van der Waals surface area contributed by atoms with Crippen molar-refractivity contribution in [3.63, 3.8) is 0 Å². The van der Waals surface area contributed by atoms with Gasteiger partial charge in [0.15, 0.2) is 0 Å². The van der Waals surface area contributed by atoms with Gasteiger partial charge in [0.05, 0.1) is 0 Å². The minimum Gasteiger partial charge on any atom is -0.0836 e. The molecule has 63 valence electrons. The summed E-state index contributed by atoms with van der Waals surface area (Å²) in [6.45, 7) is 4.23. The van der Waals surface area contributed by atoms with Gasteiger partial charge in [-0.05, 0) is 17.9 Å². The fraction of sp³-hybridized carbons (Fsp3) is 0.250. The molecule has 0 aliphatic carbocycles. The molecule has 0 amide bonds. The molecular weight excluding hydrogens is 144 g/mol. The molecule has 12 heavy (non-hydrogen) atoms. The van der Waals surface area contributed by atoms with Crippen molar-refractivity contribution < 1.29 is 0 Å². The number of rotatable bonds is 3. The molecule has 1 radical (unpaired) electrons. The molecule has 0 heteroatoms. The second-order valence-electron chi connectivity index (χ2n) is 3.17. The lowest BCUT2D eigenvalue weighted by atomic mass is 10.1. The molecular formula is C12H15. The van der Waals surface area contributed by atoms with E-state index in [9.17, 15) is 0 Å². The Kier molecular flexibility index (Phi) is 3.59. The Labute approximate surface area is 74.9 Å². The van der Waals surface area contributed by atoms with Crippen LogP contribution in [-0.2, 0) is 6.42 Å². The molecule has 0 saturated heterocycles. The minimum absolute atomic E-state index is 1.03. The van der Waals surface area contributed by atoms with E-state index in [0.29, 0.717) is 0 Å². The molecule has 1 rings (SSSR count). The van der Waals surface area contributed by atoms with Gasteiger partial charge in [-0.1, -0.05) is 56.3 Å². The van der Waals surface area contributed by atoms with E-state index in [1.807, 2.05) is 6.07 Å². The van der Waals surface area contributed by atoms with E-state index in [4.69, 9.17) is 0 Å². The average molecular weight is 159 g/mol. The number of benzene rings is 1. The van der Waals surface area contributed by atoms with Gasteiger partial charge in [0.25, 0.3) is 0 Å². The van der Waals surface area contributed by atoms with Crippen molar-refractivity contribution in [1.29, 1.82) is 0 Å². The fourth-order valence-corrected chi connectivity index (χ4v) is 1.04. The smallest absolute Gasteiger partial charge is 0.00891 e. The van der Waals surface area contributed by atoms with Crippen molar-refractivity contribution in [2.75, 3.05) is 0 Å². The van der Waals surface area contributed by atoms with Crippen molar-refractivity contribution >= 4 is 0 Å². The van der Waals surface area contributed by atoms with E-state index in [1.165, 1.54) is 11.5 Å². The van der Waals surface area contributed by atoms with Crippen LogP contribution in [0.25, 0.3) is 0 Å². The highest BCUT2D eigenvalue weighted by atomic mass is 13.9. The van der Waals surface area contributed by atoms with Gasteiger partial charge in [0.1, 0.15) is 0 Å². The SMILES string of the molecule is C[C](C)C=CCc1ccccc1. The van der Waals surface area contributed by atoms with Crippen LogP contribution in [0, 0.1) is 5.92 Å². The van der Waals surface area contributed by atoms with Gasteiger partial charge in [-0.2, -0.15) is 0 Å². The molecule has 0 aliphatic rings. The highest BCUT2D eigenvalue weighted by Crippen LogP contribution is 2.02. The predicted molar refractivity (Wildman–Crippen MR) is 53.9 cm³/mol. The molecule has 0 aromatic heterocycles. The molecule has 0 spiro atoms. The van der Waals surface area contributed by atoms with Gasteiger partial charge >= 0.3 is 0 Å².